The third-order valence-electron chi connectivity index (χ3n) is 3.30. The van der Waals surface area contributed by atoms with E-state index in [0.29, 0.717) is 0 Å². The molecule has 0 aliphatic carbocycles. The molecule has 2 aliphatic heterocycles. The van der Waals surface area contributed by atoms with Gasteiger partial charge in [-0.25, -0.2) is 0 Å². The number of carbonyl (C=O) groups excluding carboxylic acids is 2. The second-order valence-corrected chi connectivity index (χ2v) is 4.61. The van der Waals surface area contributed by atoms with Crippen molar-refractivity contribution in [2.45, 2.75) is 38.1 Å². The second-order valence-electron chi connectivity index (χ2n) is 4.61. The lowest BCUT2D eigenvalue weighted by atomic mass is 10.2. The lowest BCUT2D eigenvalue weighted by Gasteiger charge is -2.37. The first kappa shape index (κ1) is 12.3. The van der Waals surface area contributed by atoms with Crippen LogP contribution in [0.15, 0.2) is 0 Å². The van der Waals surface area contributed by atoms with Gasteiger partial charge in [-0.1, -0.05) is 0 Å². The number of ether oxygens (including phenoxy) is 1. The van der Waals surface area contributed by atoms with Crippen molar-refractivity contribution in [3.05, 3.63) is 0 Å². The van der Waals surface area contributed by atoms with Crippen molar-refractivity contribution >= 4 is 11.8 Å². The Morgan fingerprint density at radius 1 is 1.53 bits per heavy atom. The molecule has 96 valence electrons. The Morgan fingerprint density at radius 2 is 2.29 bits per heavy atom. The van der Waals surface area contributed by atoms with Gasteiger partial charge in [0, 0.05) is 6.04 Å². The lowest BCUT2D eigenvalue weighted by molar-refractivity contribution is -0.164. The summed E-state index contributed by atoms with van der Waals surface area (Å²) in [6, 6.07) is -0.329. The van der Waals surface area contributed by atoms with Crippen LogP contribution in [0.3, 0.4) is 0 Å². The predicted molar refractivity (Wildman–Crippen MR) is 61.1 cm³/mol. The van der Waals surface area contributed by atoms with E-state index in [-0.39, 0.29) is 37.2 Å². The van der Waals surface area contributed by atoms with Crippen LogP contribution in [0.1, 0.15) is 19.8 Å². The first-order chi connectivity index (χ1) is 8.13. The zero-order valence-electron chi connectivity index (χ0n) is 10.2. The molecule has 0 bridgehead atoms. The van der Waals surface area contributed by atoms with E-state index in [2.05, 4.69) is 10.6 Å². The van der Waals surface area contributed by atoms with Gasteiger partial charge in [0.05, 0.1) is 13.2 Å². The van der Waals surface area contributed by atoms with Crippen molar-refractivity contribution in [2.75, 3.05) is 20.2 Å². The lowest BCUT2D eigenvalue weighted by Crippen LogP contribution is -2.59. The molecule has 0 aromatic heterocycles. The highest BCUT2D eigenvalue weighted by molar-refractivity contribution is 5.89. The van der Waals surface area contributed by atoms with Crippen LogP contribution in [0.5, 0.6) is 0 Å². The first-order valence-electron chi connectivity index (χ1n) is 6.01. The smallest absolute Gasteiger partial charge is 0.249 e. The Hall–Kier alpha value is -1.14. The van der Waals surface area contributed by atoms with Crippen LogP contribution in [0, 0.1) is 0 Å². The maximum absolute atomic E-state index is 12.2. The average molecular weight is 241 g/mol. The summed E-state index contributed by atoms with van der Waals surface area (Å²) in [6.07, 6.45) is 1.77. The predicted octanol–water partition coefficient (Wildman–Crippen LogP) is -0.942. The van der Waals surface area contributed by atoms with Gasteiger partial charge in [-0.3, -0.25) is 9.59 Å². The molecule has 2 aliphatic rings. The molecule has 2 fully saturated rings. The topological polar surface area (TPSA) is 70.7 Å². The molecule has 2 rings (SSSR count). The number of nitrogens with zero attached hydrogens (tertiary/aromatic N) is 1. The van der Waals surface area contributed by atoms with E-state index in [4.69, 9.17) is 4.74 Å². The summed E-state index contributed by atoms with van der Waals surface area (Å²) in [5.74, 6) is -0.199. The van der Waals surface area contributed by atoms with Gasteiger partial charge in [0.2, 0.25) is 11.8 Å². The maximum Gasteiger partial charge on any atom is 0.249 e. The van der Waals surface area contributed by atoms with Crippen LogP contribution in [0.25, 0.3) is 0 Å². The van der Waals surface area contributed by atoms with E-state index in [1.165, 1.54) is 0 Å². The van der Waals surface area contributed by atoms with Gasteiger partial charge in [-0.05, 0) is 26.8 Å². The molecule has 2 saturated heterocycles. The highest BCUT2D eigenvalue weighted by Gasteiger charge is 2.42. The van der Waals surface area contributed by atoms with E-state index in [9.17, 15) is 9.59 Å². The number of nitrogens with one attached hydrogen (secondary N) is 2. The normalized spacial score (nSPS) is 32.5. The summed E-state index contributed by atoms with van der Waals surface area (Å²) in [6.45, 7) is 2.50. The fourth-order valence-corrected chi connectivity index (χ4v) is 2.44. The SMILES string of the molecule is CNCC(=O)N[C@H]1COC2CCC(C)N2C1=O. The Bertz CT molecular complexity index is 321. The summed E-state index contributed by atoms with van der Waals surface area (Å²) >= 11 is 0. The molecule has 0 aromatic rings. The molecule has 0 spiro atoms. The molecule has 2 amide bonds. The molecule has 0 radical (unpaired) electrons. The number of rotatable bonds is 3. The summed E-state index contributed by atoms with van der Waals surface area (Å²) < 4.78 is 5.60. The van der Waals surface area contributed by atoms with Crippen LogP contribution < -0.4 is 10.6 Å². The minimum Gasteiger partial charge on any atom is -0.356 e. The quantitative estimate of drug-likeness (QED) is 0.669. The summed E-state index contributed by atoms with van der Waals surface area (Å²) in [4.78, 5) is 25.4. The van der Waals surface area contributed by atoms with Crippen molar-refractivity contribution in [2.24, 2.45) is 0 Å². The number of carbonyl (C=O) groups is 2. The maximum atomic E-state index is 12.2. The second kappa shape index (κ2) is 5.01. The first-order valence-corrected chi connectivity index (χ1v) is 6.01. The molecule has 0 aromatic carbocycles. The summed E-state index contributed by atoms with van der Waals surface area (Å²) in [5.41, 5.74) is 0. The van der Waals surface area contributed by atoms with E-state index >= 15 is 0 Å². The highest BCUT2D eigenvalue weighted by atomic mass is 16.5. The molecule has 17 heavy (non-hydrogen) atoms. The molecular weight excluding hydrogens is 222 g/mol. The number of hydrogen-bond acceptors (Lipinski definition) is 4. The molecular formula is C11H19N3O3. The largest absolute Gasteiger partial charge is 0.356 e. The van der Waals surface area contributed by atoms with Crippen molar-refractivity contribution in [1.82, 2.24) is 15.5 Å². The fraction of sp³-hybridized carbons (Fsp3) is 0.818. The minimum atomic E-state index is -0.535. The Kier molecular flexibility index (Phi) is 3.63. The standard InChI is InChI=1S/C11H19N3O3/c1-7-3-4-10-14(7)11(16)8(6-17-10)13-9(15)5-12-2/h7-8,10,12H,3-6H2,1-2H3,(H,13,15)/t7?,8-,10?/m0/s1. The van der Waals surface area contributed by atoms with Crippen molar-refractivity contribution < 1.29 is 14.3 Å². The van der Waals surface area contributed by atoms with Gasteiger partial charge in [0.25, 0.3) is 0 Å². The number of amides is 2. The molecule has 2 heterocycles. The zero-order chi connectivity index (χ0) is 12.4. The number of hydrogen-bond donors (Lipinski definition) is 2. The van der Waals surface area contributed by atoms with Gasteiger partial charge >= 0.3 is 0 Å². The summed E-state index contributed by atoms with van der Waals surface area (Å²) in [7, 11) is 1.69. The molecule has 6 heteroatoms. The number of likely N-dealkylation sites (N-methyl/N-ethyl adjacent to an activating group) is 1. The van der Waals surface area contributed by atoms with E-state index in [1.54, 1.807) is 11.9 Å². The number of fused-ring (bicyclic) bond motifs is 1. The third kappa shape index (κ3) is 2.42. The van der Waals surface area contributed by atoms with Gasteiger partial charge in [-0.2, -0.15) is 0 Å². The van der Waals surface area contributed by atoms with Crippen LogP contribution >= 0.6 is 0 Å². The van der Waals surface area contributed by atoms with Crippen LogP contribution in [-0.4, -0.2) is 55.2 Å². The van der Waals surface area contributed by atoms with Gasteiger partial charge in [0.1, 0.15) is 12.3 Å². The Morgan fingerprint density at radius 3 is 3.00 bits per heavy atom. The highest BCUT2D eigenvalue weighted by Crippen LogP contribution is 2.28. The van der Waals surface area contributed by atoms with E-state index < -0.39 is 6.04 Å². The van der Waals surface area contributed by atoms with Gasteiger partial charge in [-0.15, -0.1) is 0 Å². The van der Waals surface area contributed by atoms with Crippen molar-refractivity contribution in [1.29, 1.82) is 0 Å². The van der Waals surface area contributed by atoms with Crippen molar-refractivity contribution in [3.63, 3.8) is 0 Å². The Labute approximate surface area is 101 Å². The van der Waals surface area contributed by atoms with Crippen LogP contribution in [-0.2, 0) is 14.3 Å². The monoisotopic (exact) mass is 241 g/mol. The molecule has 2 N–H and O–H groups in total. The molecule has 3 atom stereocenters. The van der Waals surface area contributed by atoms with Gasteiger partial charge in [0.15, 0.2) is 0 Å². The van der Waals surface area contributed by atoms with Crippen LogP contribution in [0.4, 0.5) is 0 Å². The average Bonchev–Trinajstić information content (AvgIpc) is 2.65. The van der Waals surface area contributed by atoms with E-state index in [1.807, 2.05) is 6.92 Å². The van der Waals surface area contributed by atoms with Crippen LogP contribution in [0.2, 0.25) is 0 Å². The summed E-state index contributed by atoms with van der Waals surface area (Å²) in [5, 5.41) is 5.43. The minimum absolute atomic E-state index is 0.0179. The molecule has 0 saturated carbocycles. The van der Waals surface area contributed by atoms with Crippen molar-refractivity contribution in [3.8, 4) is 0 Å². The van der Waals surface area contributed by atoms with Gasteiger partial charge < -0.3 is 20.3 Å². The molecule has 2 unspecified atom stereocenters. The molecule has 6 nitrogen and oxygen atoms in total. The fourth-order valence-electron chi connectivity index (χ4n) is 2.44. The third-order valence-corrected chi connectivity index (χ3v) is 3.30. The zero-order valence-corrected chi connectivity index (χ0v) is 10.2. The Balaban J connectivity index is 1.97. The van der Waals surface area contributed by atoms with E-state index in [0.717, 1.165) is 12.8 Å².